The zero-order valence-corrected chi connectivity index (χ0v) is 18.6. The molecule has 4 nitrogen and oxygen atoms in total. The van der Waals surface area contributed by atoms with Crippen LogP contribution in [0.4, 0.5) is 24.5 Å². The quantitative estimate of drug-likeness (QED) is 0.411. The van der Waals surface area contributed by atoms with E-state index in [2.05, 4.69) is 10.6 Å². The second-order valence-corrected chi connectivity index (χ2v) is 6.97. The lowest BCUT2D eigenvalue weighted by Crippen LogP contribution is -2.27. The summed E-state index contributed by atoms with van der Waals surface area (Å²) in [5, 5.41) is 6.42. The summed E-state index contributed by atoms with van der Waals surface area (Å²) >= 11 is 0. The molecule has 0 unspecified atom stereocenters. The topological polar surface area (TPSA) is 59.3 Å². The SMILES string of the molecule is CC.Cc1ccc(OCc2ccccc2)c(C(F)(F)F)c1.Nc1ccc2c(c1)NCNC2. The van der Waals surface area contributed by atoms with Gasteiger partial charge in [-0.05, 0) is 42.3 Å². The first kappa shape index (κ1) is 25.1. The molecule has 1 heterocycles. The lowest BCUT2D eigenvalue weighted by molar-refractivity contribution is -0.139. The molecule has 0 bridgehead atoms. The Morgan fingerprint density at radius 2 is 1.69 bits per heavy atom. The summed E-state index contributed by atoms with van der Waals surface area (Å²) in [6.07, 6.45) is -4.40. The Hall–Kier alpha value is -3.19. The summed E-state index contributed by atoms with van der Waals surface area (Å²) in [5.74, 6) is -0.137. The number of alkyl halides is 3. The van der Waals surface area contributed by atoms with Crippen LogP contribution in [0.15, 0.2) is 66.7 Å². The molecule has 0 aliphatic carbocycles. The third kappa shape index (κ3) is 7.50. The maximum Gasteiger partial charge on any atom is 0.419 e. The van der Waals surface area contributed by atoms with Crippen molar-refractivity contribution in [2.24, 2.45) is 0 Å². The smallest absolute Gasteiger partial charge is 0.419 e. The van der Waals surface area contributed by atoms with Crippen molar-refractivity contribution in [1.29, 1.82) is 0 Å². The average Bonchev–Trinajstić information content (AvgIpc) is 2.80. The first-order valence-corrected chi connectivity index (χ1v) is 10.5. The molecule has 0 radical (unpaired) electrons. The Morgan fingerprint density at radius 1 is 0.969 bits per heavy atom. The van der Waals surface area contributed by atoms with Crippen molar-refractivity contribution >= 4 is 11.4 Å². The number of nitrogens with one attached hydrogen (secondary N) is 2. The summed E-state index contributed by atoms with van der Waals surface area (Å²) < 4.78 is 43.9. The van der Waals surface area contributed by atoms with Gasteiger partial charge in [-0.1, -0.05) is 61.9 Å². The Morgan fingerprint density at radius 3 is 2.38 bits per heavy atom. The van der Waals surface area contributed by atoms with Gasteiger partial charge >= 0.3 is 6.18 Å². The first-order valence-electron chi connectivity index (χ1n) is 10.5. The summed E-state index contributed by atoms with van der Waals surface area (Å²) in [4.78, 5) is 0. The number of halogens is 3. The van der Waals surface area contributed by atoms with Gasteiger partial charge in [0.2, 0.25) is 0 Å². The summed E-state index contributed by atoms with van der Waals surface area (Å²) in [6.45, 7) is 7.50. The molecule has 0 atom stereocenters. The van der Waals surface area contributed by atoms with Gasteiger partial charge in [0.05, 0.1) is 12.2 Å². The number of benzene rings is 3. The van der Waals surface area contributed by atoms with Crippen molar-refractivity contribution in [2.45, 2.75) is 40.1 Å². The Labute approximate surface area is 187 Å². The van der Waals surface area contributed by atoms with Gasteiger partial charge in [0.15, 0.2) is 0 Å². The van der Waals surface area contributed by atoms with Crippen molar-refractivity contribution in [1.82, 2.24) is 5.32 Å². The minimum absolute atomic E-state index is 0.118. The lowest BCUT2D eigenvalue weighted by Gasteiger charge is -2.18. The van der Waals surface area contributed by atoms with Gasteiger partial charge in [0, 0.05) is 17.9 Å². The van der Waals surface area contributed by atoms with Crippen LogP contribution >= 0.6 is 0 Å². The van der Waals surface area contributed by atoms with E-state index in [4.69, 9.17) is 10.5 Å². The molecule has 1 aliphatic heterocycles. The molecule has 0 amide bonds. The summed E-state index contributed by atoms with van der Waals surface area (Å²) in [7, 11) is 0. The summed E-state index contributed by atoms with van der Waals surface area (Å²) in [6, 6.07) is 19.1. The van der Waals surface area contributed by atoms with Gasteiger partial charge in [-0.15, -0.1) is 0 Å². The van der Waals surface area contributed by atoms with Gasteiger partial charge < -0.3 is 15.8 Å². The highest BCUT2D eigenvalue weighted by Crippen LogP contribution is 2.37. The molecule has 4 rings (SSSR count). The number of fused-ring (bicyclic) bond motifs is 1. The number of ether oxygens (including phenoxy) is 1. The highest BCUT2D eigenvalue weighted by Gasteiger charge is 2.34. The van der Waals surface area contributed by atoms with Crippen molar-refractivity contribution in [2.75, 3.05) is 17.7 Å². The normalized spacial score (nSPS) is 12.2. The van der Waals surface area contributed by atoms with Crippen LogP contribution in [0, 0.1) is 6.92 Å². The number of nitrogen functional groups attached to an aromatic ring is 1. The van der Waals surface area contributed by atoms with Gasteiger partial charge in [0.1, 0.15) is 12.4 Å². The van der Waals surface area contributed by atoms with Crippen LogP contribution in [0.25, 0.3) is 0 Å². The molecule has 4 N–H and O–H groups in total. The number of aryl methyl sites for hydroxylation is 1. The second kappa shape index (κ2) is 12.0. The fourth-order valence-corrected chi connectivity index (χ4v) is 2.99. The van der Waals surface area contributed by atoms with Crippen molar-refractivity contribution in [3.63, 3.8) is 0 Å². The third-order valence-corrected chi connectivity index (χ3v) is 4.53. The van der Waals surface area contributed by atoms with Crippen LogP contribution in [-0.2, 0) is 19.3 Å². The van der Waals surface area contributed by atoms with E-state index in [9.17, 15) is 13.2 Å². The summed E-state index contributed by atoms with van der Waals surface area (Å²) in [5.41, 5.74) is 9.53. The van der Waals surface area contributed by atoms with Crippen molar-refractivity contribution < 1.29 is 17.9 Å². The van der Waals surface area contributed by atoms with E-state index in [1.807, 2.05) is 50.2 Å². The molecular formula is C25H30F3N3O. The number of nitrogens with two attached hydrogens (primary N) is 1. The highest BCUT2D eigenvalue weighted by atomic mass is 19.4. The van der Waals surface area contributed by atoms with Crippen LogP contribution < -0.4 is 21.1 Å². The van der Waals surface area contributed by atoms with E-state index in [1.165, 1.54) is 11.6 Å². The minimum Gasteiger partial charge on any atom is -0.488 e. The van der Waals surface area contributed by atoms with E-state index >= 15 is 0 Å². The maximum atomic E-state index is 12.9. The Bertz CT molecular complexity index is 976. The van der Waals surface area contributed by atoms with Gasteiger partial charge in [-0.3, -0.25) is 5.32 Å². The molecule has 3 aromatic rings. The predicted octanol–water partition coefficient (Wildman–Crippen LogP) is 6.36. The highest BCUT2D eigenvalue weighted by molar-refractivity contribution is 5.60. The number of hydrogen-bond donors (Lipinski definition) is 3. The first-order chi connectivity index (χ1) is 15.3. The van der Waals surface area contributed by atoms with Crippen LogP contribution in [-0.4, -0.2) is 6.67 Å². The number of anilines is 2. The third-order valence-electron chi connectivity index (χ3n) is 4.53. The molecular weight excluding hydrogens is 415 g/mol. The fourth-order valence-electron chi connectivity index (χ4n) is 2.99. The van der Waals surface area contributed by atoms with Crippen LogP contribution in [0.3, 0.4) is 0 Å². The largest absolute Gasteiger partial charge is 0.488 e. The van der Waals surface area contributed by atoms with E-state index in [0.717, 1.165) is 36.2 Å². The molecule has 3 aromatic carbocycles. The van der Waals surface area contributed by atoms with Crippen molar-refractivity contribution in [3.8, 4) is 5.75 Å². The van der Waals surface area contributed by atoms with E-state index in [-0.39, 0.29) is 12.4 Å². The molecule has 0 saturated heterocycles. The molecule has 0 aromatic heterocycles. The standard InChI is InChI=1S/C15H13F3O.C8H11N3.C2H6/c1-11-7-8-14(13(9-11)15(16,17)18)19-10-12-5-3-2-4-6-12;9-7-2-1-6-4-10-5-11-8(6)3-7;1-2/h2-9H,10H2,1H3;1-3,10-11H,4-5,9H2;1-2H3. The Balaban J connectivity index is 0.000000236. The molecule has 1 aliphatic rings. The van der Waals surface area contributed by atoms with Gasteiger partial charge in [0.25, 0.3) is 0 Å². The number of rotatable bonds is 3. The van der Waals surface area contributed by atoms with E-state index < -0.39 is 11.7 Å². The zero-order chi connectivity index (χ0) is 23.6. The molecule has 32 heavy (non-hydrogen) atoms. The lowest BCUT2D eigenvalue weighted by atomic mass is 10.1. The molecule has 172 valence electrons. The van der Waals surface area contributed by atoms with Gasteiger partial charge in [-0.2, -0.15) is 13.2 Å². The van der Waals surface area contributed by atoms with Gasteiger partial charge in [-0.25, -0.2) is 0 Å². The average molecular weight is 446 g/mol. The minimum atomic E-state index is -4.40. The molecule has 7 heteroatoms. The maximum absolute atomic E-state index is 12.9. The van der Waals surface area contributed by atoms with Crippen LogP contribution in [0.1, 0.15) is 36.1 Å². The number of hydrogen-bond acceptors (Lipinski definition) is 4. The predicted molar refractivity (Wildman–Crippen MR) is 124 cm³/mol. The van der Waals surface area contributed by atoms with Crippen LogP contribution in [0.2, 0.25) is 0 Å². The molecule has 0 fully saturated rings. The van der Waals surface area contributed by atoms with E-state index in [1.54, 1.807) is 25.1 Å². The second-order valence-electron chi connectivity index (χ2n) is 6.97. The molecule has 0 spiro atoms. The zero-order valence-electron chi connectivity index (χ0n) is 18.6. The van der Waals surface area contributed by atoms with Crippen LogP contribution in [0.5, 0.6) is 5.75 Å². The van der Waals surface area contributed by atoms with E-state index in [0.29, 0.717) is 5.56 Å². The molecule has 0 saturated carbocycles. The monoisotopic (exact) mass is 445 g/mol. The fraction of sp³-hybridized carbons (Fsp3) is 0.280. The van der Waals surface area contributed by atoms with Crippen molar-refractivity contribution in [3.05, 3.63) is 89.0 Å². The Kier molecular flexibility index (Phi) is 9.40.